The second kappa shape index (κ2) is 8.76. The zero-order valence-electron chi connectivity index (χ0n) is 16.4. The van der Waals surface area contributed by atoms with Crippen LogP contribution < -0.4 is 4.74 Å². The first-order valence-electron chi connectivity index (χ1n) is 10.0. The molecule has 0 spiro atoms. The third-order valence-electron chi connectivity index (χ3n) is 5.88. The average molecular weight is 380 g/mol. The molecule has 0 aromatic heterocycles. The van der Waals surface area contributed by atoms with E-state index < -0.39 is 0 Å². The summed E-state index contributed by atoms with van der Waals surface area (Å²) < 4.78 is 10.7. The highest BCUT2D eigenvalue weighted by molar-refractivity contribution is 5.78. The molecule has 2 aromatic carbocycles. The van der Waals surface area contributed by atoms with Gasteiger partial charge in [0.1, 0.15) is 5.75 Å². The normalized spacial score (nSPS) is 19.1. The number of likely N-dealkylation sites (tertiary alicyclic amines) is 1. The van der Waals surface area contributed by atoms with E-state index in [-0.39, 0.29) is 11.8 Å². The molecule has 0 aliphatic carbocycles. The van der Waals surface area contributed by atoms with Crippen molar-refractivity contribution in [3.63, 3.8) is 0 Å². The number of carbonyl (C=O) groups is 1. The SMILES string of the molecule is COc1ccc(C(CC(=O)N2CC(N3CCOCC3)C2)c2ccccc2)cc1. The lowest BCUT2D eigenvalue weighted by Gasteiger charge is -2.46. The highest BCUT2D eigenvalue weighted by Crippen LogP contribution is 2.31. The Labute approximate surface area is 166 Å². The number of hydrogen-bond acceptors (Lipinski definition) is 4. The Bertz CT molecular complexity index is 766. The molecule has 148 valence electrons. The van der Waals surface area contributed by atoms with Crippen LogP contribution in [0.4, 0.5) is 0 Å². The molecule has 0 N–H and O–H groups in total. The van der Waals surface area contributed by atoms with Gasteiger partial charge in [-0.05, 0) is 23.3 Å². The van der Waals surface area contributed by atoms with Gasteiger partial charge in [-0.1, -0.05) is 42.5 Å². The number of nitrogens with zero attached hydrogens (tertiary/aromatic N) is 2. The lowest BCUT2D eigenvalue weighted by molar-refractivity contribution is -0.140. The van der Waals surface area contributed by atoms with E-state index in [1.165, 1.54) is 5.56 Å². The maximum Gasteiger partial charge on any atom is 0.223 e. The van der Waals surface area contributed by atoms with Crippen LogP contribution in [0.5, 0.6) is 5.75 Å². The van der Waals surface area contributed by atoms with Crippen molar-refractivity contribution in [3.8, 4) is 5.75 Å². The third kappa shape index (κ3) is 4.21. The summed E-state index contributed by atoms with van der Waals surface area (Å²) in [6, 6.07) is 18.9. The minimum atomic E-state index is 0.0574. The minimum absolute atomic E-state index is 0.0574. The summed E-state index contributed by atoms with van der Waals surface area (Å²) >= 11 is 0. The Balaban J connectivity index is 1.43. The summed E-state index contributed by atoms with van der Waals surface area (Å²) in [4.78, 5) is 17.4. The van der Waals surface area contributed by atoms with Gasteiger partial charge in [0.2, 0.25) is 5.91 Å². The molecule has 5 nitrogen and oxygen atoms in total. The van der Waals surface area contributed by atoms with Crippen LogP contribution in [0, 0.1) is 0 Å². The molecule has 28 heavy (non-hydrogen) atoms. The highest BCUT2D eigenvalue weighted by atomic mass is 16.5. The lowest BCUT2D eigenvalue weighted by atomic mass is 9.87. The van der Waals surface area contributed by atoms with Crippen molar-refractivity contribution >= 4 is 5.91 Å². The van der Waals surface area contributed by atoms with E-state index in [1.54, 1.807) is 7.11 Å². The maximum atomic E-state index is 13.0. The third-order valence-corrected chi connectivity index (χ3v) is 5.88. The number of methoxy groups -OCH3 is 1. The van der Waals surface area contributed by atoms with Crippen molar-refractivity contribution in [2.45, 2.75) is 18.4 Å². The fourth-order valence-electron chi connectivity index (χ4n) is 4.09. The van der Waals surface area contributed by atoms with Gasteiger partial charge in [0.25, 0.3) is 0 Å². The molecule has 5 heteroatoms. The Hall–Kier alpha value is -2.37. The average Bonchev–Trinajstić information content (AvgIpc) is 2.72. The van der Waals surface area contributed by atoms with Gasteiger partial charge in [0.15, 0.2) is 0 Å². The lowest BCUT2D eigenvalue weighted by Crippen LogP contribution is -2.62. The van der Waals surface area contributed by atoms with Gasteiger partial charge < -0.3 is 14.4 Å². The Morgan fingerprint density at radius 2 is 1.68 bits per heavy atom. The number of hydrogen-bond donors (Lipinski definition) is 0. The molecule has 1 unspecified atom stereocenters. The number of rotatable bonds is 6. The maximum absolute atomic E-state index is 13.0. The molecule has 0 bridgehead atoms. The number of ether oxygens (including phenoxy) is 2. The van der Waals surface area contributed by atoms with Gasteiger partial charge >= 0.3 is 0 Å². The van der Waals surface area contributed by atoms with E-state index in [0.717, 1.165) is 50.7 Å². The molecule has 1 atom stereocenters. The van der Waals surface area contributed by atoms with Gasteiger partial charge in [-0.3, -0.25) is 9.69 Å². The van der Waals surface area contributed by atoms with E-state index in [1.807, 2.05) is 35.2 Å². The van der Waals surface area contributed by atoms with E-state index >= 15 is 0 Å². The standard InChI is InChI=1S/C23H28N2O3/c1-27-21-9-7-19(8-10-21)22(18-5-3-2-4-6-18)15-23(26)25-16-20(17-25)24-11-13-28-14-12-24/h2-10,20,22H,11-17H2,1H3. The molecule has 2 aromatic rings. The topological polar surface area (TPSA) is 42.0 Å². The number of amides is 1. The molecule has 4 rings (SSSR count). The molecular weight excluding hydrogens is 352 g/mol. The van der Waals surface area contributed by atoms with Crippen molar-refractivity contribution < 1.29 is 14.3 Å². The Kier molecular flexibility index (Phi) is 5.93. The van der Waals surface area contributed by atoms with Crippen LogP contribution in [0.3, 0.4) is 0 Å². The molecule has 2 heterocycles. The molecular formula is C23H28N2O3. The summed E-state index contributed by atoms with van der Waals surface area (Å²) in [5, 5.41) is 0. The summed E-state index contributed by atoms with van der Waals surface area (Å²) in [6.07, 6.45) is 0.492. The van der Waals surface area contributed by atoms with E-state index in [4.69, 9.17) is 9.47 Å². The first kappa shape index (κ1) is 19.0. The molecule has 0 radical (unpaired) electrons. The predicted octanol–water partition coefficient (Wildman–Crippen LogP) is 2.76. The monoisotopic (exact) mass is 380 g/mol. The van der Waals surface area contributed by atoms with Gasteiger partial charge in [-0.25, -0.2) is 0 Å². The van der Waals surface area contributed by atoms with Crippen LogP contribution >= 0.6 is 0 Å². The minimum Gasteiger partial charge on any atom is -0.497 e. The molecule has 2 aliphatic rings. The van der Waals surface area contributed by atoms with Crippen LogP contribution in [-0.4, -0.2) is 68.3 Å². The first-order valence-corrected chi connectivity index (χ1v) is 10.0. The van der Waals surface area contributed by atoms with Crippen LogP contribution in [0.15, 0.2) is 54.6 Å². The van der Waals surface area contributed by atoms with Crippen molar-refractivity contribution in [1.82, 2.24) is 9.80 Å². The second-order valence-electron chi connectivity index (χ2n) is 7.54. The molecule has 2 saturated heterocycles. The fraction of sp³-hybridized carbons (Fsp3) is 0.435. The van der Waals surface area contributed by atoms with Crippen LogP contribution in [0.1, 0.15) is 23.5 Å². The zero-order chi connectivity index (χ0) is 19.3. The highest BCUT2D eigenvalue weighted by Gasteiger charge is 2.36. The van der Waals surface area contributed by atoms with Gasteiger partial charge in [-0.2, -0.15) is 0 Å². The van der Waals surface area contributed by atoms with Crippen LogP contribution in [0.25, 0.3) is 0 Å². The smallest absolute Gasteiger partial charge is 0.223 e. The predicted molar refractivity (Wildman–Crippen MR) is 109 cm³/mol. The summed E-state index contributed by atoms with van der Waals surface area (Å²) in [7, 11) is 1.67. The zero-order valence-corrected chi connectivity index (χ0v) is 16.4. The quantitative estimate of drug-likeness (QED) is 0.773. The Morgan fingerprint density at radius 3 is 2.32 bits per heavy atom. The van der Waals surface area contributed by atoms with Crippen LogP contribution in [-0.2, 0) is 9.53 Å². The summed E-state index contributed by atoms with van der Waals surface area (Å²) in [6.45, 7) is 5.23. The van der Waals surface area contributed by atoms with Gasteiger partial charge in [-0.15, -0.1) is 0 Å². The Morgan fingerprint density at radius 1 is 1.04 bits per heavy atom. The summed E-state index contributed by atoms with van der Waals surface area (Å²) in [5.74, 6) is 1.12. The summed E-state index contributed by atoms with van der Waals surface area (Å²) in [5.41, 5.74) is 2.32. The van der Waals surface area contributed by atoms with Crippen LogP contribution in [0.2, 0.25) is 0 Å². The number of carbonyl (C=O) groups excluding carboxylic acids is 1. The van der Waals surface area contributed by atoms with E-state index in [9.17, 15) is 4.79 Å². The number of benzene rings is 2. The second-order valence-corrected chi connectivity index (χ2v) is 7.54. The van der Waals surface area contributed by atoms with Crippen molar-refractivity contribution in [1.29, 1.82) is 0 Å². The van der Waals surface area contributed by atoms with Crippen molar-refractivity contribution in [2.75, 3.05) is 46.5 Å². The largest absolute Gasteiger partial charge is 0.497 e. The van der Waals surface area contributed by atoms with Gasteiger partial charge in [0, 0.05) is 44.6 Å². The molecule has 0 saturated carbocycles. The molecule has 2 fully saturated rings. The van der Waals surface area contributed by atoms with Gasteiger partial charge in [0.05, 0.1) is 20.3 Å². The van der Waals surface area contributed by atoms with Crippen molar-refractivity contribution in [2.24, 2.45) is 0 Å². The number of morpholine rings is 1. The van der Waals surface area contributed by atoms with Crippen molar-refractivity contribution in [3.05, 3.63) is 65.7 Å². The fourth-order valence-corrected chi connectivity index (χ4v) is 4.09. The van der Waals surface area contributed by atoms with E-state index in [0.29, 0.717) is 12.5 Å². The molecule has 2 aliphatic heterocycles. The molecule has 1 amide bonds. The first-order chi connectivity index (χ1) is 13.7. The van der Waals surface area contributed by atoms with E-state index in [2.05, 4.69) is 29.2 Å².